The number of rotatable bonds is 3. The van der Waals surface area contributed by atoms with Crippen LogP contribution in [0.1, 0.15) is 12.0 Å². The average molecular weight is 230 g/mol. The smallest absolute Gasteiger partial charge is 0.267 e. The molecular weight excluding hydrogens is 216 g/mol. The summed E-state index contributed by atoms with van der Waals surface area (Å²) >= 11 is 0. The van der Waals surface area contributed by atoms with Gasteiger partial charge in [-0.15, -0.1) is 0 Å². The van der Waals surface area contributed by atoms with E-state index in [0.29, 0.717) is 5.70 Å². The van der Waals surface area contributed by atoms with Gasteiger partial charge in [0.25, 0.3) is 5.91 Å². The zero-order chi connectivity index (χ0) is 12.1. The Kier molecular flexibility index (Phi) is 3.55. The van der Waals surface area contributed by atoms with Crippen molar-refractivity contribution in [2.75, 3.05) is 6.54 Å². The molecule has 1 aromatic carbocycles. The number of amides is 2. The summed E-state index contributed by atoms with van der Waals surface area (Å²) in [5.41, 5.74) is 1.57. The van der Waals surface area contributed by atoms with Crippen molar-refractivity contribution in [3.8, 4) is 0 Å². The molecule has 1 aliphatic heterocycles. The van der Waals surface area contributed by atoms with Gasteiger partial charge in [0.15, 0.2) is 0 Å². The first-order valence-corrected chi connectivity index (χ1v) is 5.58. The molecule has 0 unspecified atom stereocenters. The number of benzene rings is 1. The quantitative estimate of drug-likeness (QED) is 0.753. The highest BCUT2D eigenvalue weighted by molar-refractivity contribution is 6.02. The van der Waals surface area contributed by atoms with Gasteiger partial charge in [-0.2, -0.15) is 0 Å². The van der Waals surface area contributed by atoms with Crippen LogP contribution in [0.4, 0.5) is 0 Å². The molecule has 0 atom stereocenters. The molecule has 2 N–H and O–H groups in total. The van der Waals surface area contributed by atoms with Crippen molar-refractivity contribution >= 4 is 11.8 Å². The first kappa shape index (κ1) is 11.4. The van der Waals surface area contributed by atoms with Gasteiger partial charge in [-0.25, -0.2) is 0 Å². The lowest BCUT2D eigenvalue weighted by Crippen LogP contribution is -2.47. The lowest BCUT2D eigenvalue weighted by Gasteiger charge is -2.15. The fraction of sp³-hybridized carbons (Fsp3) is 0.231. The molecule has 0 aromatic heterocycles. The van der Waals surface area contributed by atoms with E-state index in [1.807, 2.05) is 30.3 Å². The van der Waals surface area contributed by atoms with Gasteiger partial charge in [0.2, 0.25) is 5.91 Å². The molecule has 4 heteroatoms. The highest BCUT2D eigenvalue weighted by Gasteiger charge is 2.18. The average Bonchev–Trinajstić information content (AvgIpc) is 2.35. The van der Waals surface area contributed by atoms with E-state index < -0.39 is 0 Å². The summed E-state index contributed by atoms with van der Waals surface area (Å²) in [6, 6.07) is 10.0. The van der Waals surface area contributed by atoms with Crippen LogP contribution in [0.3, 0.4) is 0 Å². The Morgan fingerprint density at radius 2 is 1.94 bits per heavy atom. The van der Waals surface area contributed by atoms with E-state index in [9.17, 15) is 9.59 Å². The molecule has 0 radical (unpaired) electrons. The minimum absolute atomic E-state index is 0.0643. The number of piperazine rings is 1. The SMILES string of the molecule is O=C1CNC(=O)C(=CCCc2ccccc2)N1. The molecule has 1 saturated heterocycles. The molecule has 0 aliphatic carbocycles. The predicted molar refractivity (Wildman–Crippen MR) is 64.0 cm³/mol. The minimum atomic E-state index is -0.210. The summed E-state index contributed by atoms with van der Waals surface area (Å²) in [6.45, 7) is 0.0643. The van der Waals surface area contributed by atoms with E-state index in [-0.39, 0.29) is 18.4 Å². The van der Waals surface area contributed by atoms with Crippen molar-refractivity contribution in [2.45, 2.75) is 12.8 Å². The summed E-state index contributed by atoms with van der Waals surface area (Å²) in [5, 5.41) is 5.07. The number of carbonyl (C=O) groups is 2. The van der Waals surface area contributed by atoms with Gasteiger partial charge in [0, 0.05) is 0 Å². The molecule has 1 fully saturated rings. The molecule has 2 amide bonds. The van der Waals surface area contributed by atoms with E-state index in [0.717, 1.165) is 12.8 Å². The van der Waals surface area contributed by atoms with Crippen molar-refractivity contribution in [1.29, 1.82) is 0 Å². The summed E-state index contributed by atoms with van der Waals surface area (Å²) in [5.74, 6) is -0.381. The first-order valence-electron chi connectivity index (χ1n) is 5.58. The van der Waals surface area contributed by atoms with Crippen molar-refractivity contribution in [3.05, 3.63) is 47.7 Å². The monoisotopic (exact) mass is 230 g/mol. The van der Waals surface area contributed by atoms with Crippen molar-refractivity contribution < 1.29 is 9.59 Å². The summed E-state index contributed by atoms with van der Waals surface area (Å²) in [6.07, 6.45) is 3.35. The number of aryl methyl sites for hydroxylation is 1. The van der Waals surface area contributed by atoms with Crippen LogP contribution in [0.15, 0.2) is 42.1 Å². The summed E-state index contributed by atoms with van der Waals surface area (Å²) < 4.78 is 0. The molecule has 0 saturated carbocycles. The highest BCUT2D eigenvalue weighted by Crippen LogP contribution is 2.05. The maximum Gasteiger partial charge on any atom is 0.267 e. The van der Waals surface area contributed by atoms with Gasteiger partial charge in [0.1, 0.15) is 5.70 Å². The van der Waals surface area contributed by atoms with Gasteiger partial charge >= 0.3 is 0 Å². The van der Waals surface area contributed by atoms with Crippen LogP contribution in [0.2, 0.25) is 0 Å². The largest absolute Gasteiger partial charge is 0.342 e. The molecule has 17 heavy (non-hydrogen) atoms. The van der Waals surface area contributed by atoms with Gasteiger partial charge < -0.3 is 10.6 Å². The third-order valence-corrected chi connectivity index (χ3v) is 2.55. The third kappa shape index (κ3) is 3.17. The molecule has 1 aliphatic rings. The van der Waals surface area contributed by atoms with Crippen LogP contribution in [0.5, 0.6) is 0 Å². The second-order valence-electron chi connectivity index (χ2n) is 3.87. The number of carbonyl (C=O) groups excluding carboxylic acids is 2. The van der Waals surface area contributed by atoms with E-state index >= 15 is 0 Å². The Labute approximate surface area is 99.7 Å². The van der Waals surface area contributed by atoms with Crippen LogP contribution in [-0.4, -0.2) is 18.4 Å². The lowest BCUT2D eigenvalue weighted by atomic mass is 10.1. The third-order valence-electron chi connectivity index (χ3n) is 2.55. The standard InChI is InChI=1S/C13H14N2O2/c16-12-9-14-13(17)11(15-12)8-4-7-10-5-2-1-3-6-10/h1-3,5-6,8H,4,7,9H2,(H,14,17)(H,15,16). The fourth-order valence-corrected chi connectivity index (χ4v) is 1.68. The molecule has 88 valence electrons. The van der Waals surface area contributed by atoms with E-state index in [1.165, 1.54) is 5.56 Å². The highest BCUT2D eigenvalue weighted by atomic mass is 16.2. The Balaban J connectivity index is 1.92. The fourth-order valence-electron chi connectivity index (χ4n) is 1.68. The molecule has 1 heterocycles. The Morgan fingerprint density at radius 1 is 1.18 bits per heavy atom. The van der Waals surface area contributed by atoms with E-state index in [4.69, 9.17) is 0 Å². The van der Waals surface area contributed by atoms with Crippen LogP contribution in [0, 0.1) is 0 Å². The molecule has 0 spiro atoms. The number of hydrogen-bond donors (Lipinski definition) is 2. The lowest BCUT2D eigenvalue weighted by molar-refractivity contribution is -0.127. The Hall–Kier alpha value is -2.10. The summed E-state index contributed by atoms with van der Waals surface area (Å²) in [4.78, 5) is 22.5. The molecule has 1 aromatic rings. The van der Waals surface area contributed by atoms with Crippen LogP contribution < -0.4 is 10.6 Å². The maximum atomic E-state index is 11.4. The molecule has 4 nitrogen and oxygen atoms in total. The normalized spacial score (nSPS) is 17.8. The topological polar surface area (TPSA) is 58.2 Å². The van der Waals surface area contributed by atoms with Crippen LogP contribution >= 0.6 is 0 Å². The van der Waals surface area contributed by atoms with Crippen LogP contribution in [-0.2, 0) is 16.0 Å². The number of hydrogen-bond acceptors (Lipinski definition) is 2. The molecule has 2 rings (SSSR count). The van der Waals surface area contributed by atoms with Crippen LogP contribution in [0.25, 0.3) is 0 Å². The minimum Gasteiger partial charge on any atom is -0.342 e. The van der Waals surface area contributed by atoms with Gasteiger partial charge in [0.05, 0.1) is 6.54 Å². The van der Waals surface area contributed by atoms with Gasteiger partial charge in [-0.3, -0.25) is 9.59 Å². The van der Waals surface area contributed by atoms with Gasteiger partial charge in [-0.1, -0.05) is 36.4 Å². The first-order chi connectivity index (χ1) is 8.25. The number of allylic oxidation sites excluding steroid dienone is 1. The van der Waals surface area contributed by atoms with Crippen molar-refractivity contribution in [3.63, 3.8) is 0 Å². The molecular formula is C13H14N2O2. The second-order valence-corrected chi connectivity index (χ2v) is 3.87. The van der Waals surface area contributed by atoms with E-state index in [2.05, 4.69) is 10.6 Å². The number of nitrogens with one attached hydrogen (secondary N) is 2. The van der Waals surface area contributed by atoms with Gasteiger partial charge in [-0.05, 0) is 18.4 Å². The molecule has 0 bridgehead atoms. The van der Waals surface area contributed by atoms with E-state index in [1.54, 1.807) is 6.08 Å². The predicted octanol–water partition coefficient (Wildman–Crippen LogP) is 0.749. The zero-order valence-corrected chi connectivity index (χ0v) is 9.40. The summed E-state index contributed by atoms with van der Waals surface area (Å²) in [7, 11) is 0. The Bertz CT molecular complexity index is 452. The Morgan fingerprint density at radius 3 is 2.71 bits per heavy atom. The van der Waals surface area contributed by atoms with Crippen molar-refractivity contribution in [1.82, 2.24) is 10.6 Å². The maximum absolute atomic E-state index is 11.4. The second kappa shape index (κ2) is 5.30. The van der Waals surface area contributed by atoms with Crippen molar-refractivity contribution in [2.24, 2.45) is 0 Å². The zero-order valence-electron chi connectivity index (χ0n) is 9.40.